The molecule has 1 aliphatic heterocycles. The van der Waals surface area contributed by atoms with Gasteiger partial charge < -0.3 is 10.1 Å². The van der Waals surface area contributed by atoms with Gasteiger partial charge in [0.2, 0.25) is 5.91 Å². The molecule has 0 aromatic heterocycles. The van der Waals surface area contributed by atoms with Crippen LogP contribution < -0.4 is 10.1 Å². The lowest BCUT2D eigenvalue weighted by molar-refractivity contribution is -0.143. The number of urea groups is 1. The van der Waals surface area contributed by atoms with Crippen LogP contribution in [0.3, 0.4) is 0 Å². The van der Waals surface area contributed by atoms with Gasteiger partial charge in [0.05, 0.1) is 19.3 Å². The van der Waals surface area contributed by atoms with Crippen LogP contribution in [0.4, 0.5) is 10.5 Å². The first kappa shape index (κ1) is 19.4. The minimum absolute atomic E-state index is 0.0511. The monoisotopic (exact) mass is 401 g/mol. The van der Waals surface area contributed by atoms with E-state index in [0.29, 0.717) is 21.2 Å². The number of carbonyl (C=O) groups excluding carboxylic acids is 4. The van der Waals surface area contributed by atoms with Gasteiger partial charge in [-0.2, -0.15) is 0 Å². The van der Waals surface area contributed by atoms with Crippen molar-refractivity contribution in [3.63, 3.8) is 0 Å². The molecular weight excluding hydrogens is 386 g/mol. The van der Waals surface area contributed by atoms with Gasteiger partial charge in [0.25, 0.3) is 0 Å². The number of benzene rings is 2. The molecule has 0 aliphatic carbocycles. The fourth-order valence-electron chi connectivity index (χ4n) is 2.71. The van der Waals surface area contributed by atoms with Gasteiger partial charge in [0, 0.05) is 5.02 Å². The van der Waals surface area contributed by atoms with Crippen LogP contribution in [0, 0.1) is 0 Å². The van der Waals surface area contributed by atoms with Crippen molar-refractivity contribution in [2.24, 2.45) is 0 Å². The Hall–Kier alpha value is -3.39. The molecule has 144 valence electrons. The van der Waals surface area contributed by atoms with Crippen LogP contribution in [0.2, 0.25) is 5.02 Å². The molecule has 0 atom stereocenters. The molecule has 28 heavy (non-hydrogen) atoms. The van der Waals surface area contributed by atoms with Gasteiger partial charge in [0.15, 0.2) is 0 Å². The number of carbonyl (C=O) groups is 4. The number of nitrogens with zero attached hydrogens (tertiary/aromatic N) is 2. The molecule has 1 saturated heterocycles. The molecule has 0 unspecified atom stereocenters. The molecule has 2 aromatic rings. The molecule has 9 heteroatoms. The molecule has 2 aromatic carbocycles. The van der Waals surface area contributed by atoms with Crippen LogP contribution >= 0.6 is 11.6 Å². The van der Waals surface area contributed by atoms with E-state index in [1.54, 1.807) is 42.5 Å². The van der Waals surface area contributed by atoms with E-state index in [9.17, 15) is 19.2 Å². The lowest BCUT2D eigenvalue weighted by Crippen LogP contribution is -2.38. The van der Waals surface area contributed by atoms with E-state index in [0.717, 1.165) is 4.90 Å². The zero-order chi connectivity index (χ0) is 20.3. The van der Waals surface area contributed by atoms with Gasteiger partial charge >= 0.3 is 17.8 Å². The summed E-state index contributed by atoms with van der Waals surface area (Å²) in [7, 11) is 1.42. The van der Waals surface area contributed by atoms with E-state index < -0.39 is 30.3 Å². The van der Waals surface area contributed by atoms with Crippen molar-refractivity contribution in [1.82, 2.24) is 9.80 Å². The highest BCUT2D eigenvalue weighted by Crippen LogP contribution is 2.27. The predicted molar refractivity (Wildman–Crippen MR) is 101 cm³/mol. The normalized spacial score (nSPS) is 13.9. The quantitative estimate of drug-likeness (QED) is 0.591. The molecule has 1 N–H and O–H groups in total. The summed E-state index contributed by atoms with van der Waals surface area (Å²) in [6.07, 6.45) is 0. The molecule has 1 fully saturated rings. The van der Waals surface area contributed by atoms with Crippen LogP contribution in [0.25, 0.3) is 0 Å². The lowest BCUT2D eigenvalue weighted by atomic mass is 10.2. The second kappa shape index (κ2) is 8.10. The maximum atomic E-state index is 12.5. The van der Waals surface area contributed by atoms with Crippen molar-refractivity contribution >= 4 is 41.0 Å². The topological polar surface area (TPSA) is 96.0 Å². The van der Waals surface area contributed by atoms with Crippen LogP contribution in [0.1, 0.15) is 5.56 Å². The first-order valence-electron chi connectivity index (χ1n) is 8.25. The Morgan fingerprint density at radius 3 is 2.39 bits per heavy atom. The first-order valence-corrected chi connectivity index (χ1v) is 8.63. The third kappa shape index (κ3) is 3.96. The van der Waals surface area contributed by atoms with Crippen molar-refractivity contribution in [1.29, 1.82) is 0 Å². The van der Waals surface area contributed by atoms with E-state index in [1.807, 2.05) is 0 Å². The third-order valence-corrected chi connectivity index (χ3v) is 4.29. The smallest absolute Gasteiger partial charge is 0.335 e. The minimum atomic E-state index is -1.05. The van der Waals surface area contributed by atoms with Crippen LogP contribution in [-0.4, -0.2) is 47.2 Å². The minimum Gasteiger partial charge on any atom is -0.495 e. The van der Waals surface area contributed by atoms with Gasteiger partial charge in [-0.3, -0.25) is 19.3 Å². The summed E-state index contributed by atoms with van der Waals surface area (Å²) >= 11 is 5.91. The Bertz CT molecular complexity index is 948. The Morgan fingerprint density at radius 1 is 1.04 bits per heavy atom. The average Bonchev–Trinajstić information content (AvgIpc) is 2.87. The highest BCUT2D eigenvalue weighted by atomic mass is 35.5. The van der Waals surface area contributed by atoms with Gasteiger partial charge in [0.1, 0.15) is 12.3 Å². The van der Waals surface area contributed by atoms with Gasteiger partial charge in [-0.15, -0.1) is 0 Å². The maximum absolute atomic E-state index is 12.5. The third-order valence-electron chi connectivity index (χ3n) is 4.06. The summed E-state index contributed by atoms with van der Waals surface area (Å²) < 4.78 is 5.13. The van der Waals surface area contributed by atoms with Gasteiger partial charge in [-0.05, 0) is 23.8 Å². The molecule has 3 rings (SSSR count). The Morgan fingerprint density at radius 2 is 1.71 bits per heavy atom. The predicted octanol–water partition coefficient (Wildman–Crippen LogP) is 2.28. The van der Waals surface area contributed by atoms with Crippen molar-refractivity contribution in [2.45, 2.75) is 6.54 Å². The summed E-state index contributed by atoms with van der Waals surface area (Å²) in [5.74, 6) is -2.33. The highest BCUT2D eigenvalue weighted by molar-refractivity contribution is 6.45. The second-order valence-electron chi connectivity index (χ2n) is 5.94. The number of rotatable bonds is 6. The summed E-state index contributed by atoms with van der Waals surface area (Å²) in [4.78, 5) is 50.6. The van der Waals surface area contributed by atoms with Crippen molar-refractivity contribution in [3.8, 4) is 5.75 Å². The van der Waals surface area contributed by atoms with Crippen LogP contribution in [0.15, 0.2) is 48.5 Å². The summed E-state index contributed by atoms with van der Waals surface area (Å²) in [6.45, 7) is -0.658. The molecule has 0 radical (unpaired) electrons. The van der Waals surface area contributed by atoms with Crippen molar-refractivity contribution in [2.75, 3.05) is 19.0 Å². The molecule has 0 spiro atoms. The zero-order valence-electron chi connectivity index (χ0n) is 14.8. The average molecular weight is 402 g/mol. The standard InChI is InChI=1S/C19H16ClN3O5/c1-28-15-8-7-13(20)9-14(15)21-16(24)11-23-18(26)17(25)22(19(23)27)10-12-5-3-2-4-6-12/h2-9H,10-11H2,1H3,(H,21,24). The molecular formula is C19H16ClN3O5. The van der Waals surface area contributed by atoms with E-state index in [-0.39, 0.29) is 12.2 Å². The number of hydrogen-bond donors (Lipinski definition) is 1. The van der Waals surface area contributed by atoms with E-state index in [4.69, 9.17) is 16.3 Å². The fraction of sp³-hybridized carbons (Fsp3) is 0.158. The Labute approximate surface area is 165 Å². The number of ether oxygens (including phenoxy) is 1. The number of methoxy groups -OCH3 is 1. The number of hydrogen-bond acceptors (Lipinski definition) is 5. The lowest BCUT2D eigenvalue weighted by Gasteiger charge is -2.16. The maximum Gasteiger partial charge on any atom is 0.335 e. The number of nitrogens with one attached hydrogen (secondary N) is 1. The summed E-state index contributed by atoms with van der Waals surface area (Å²) in [5.41, 5.74) is 0.971. The Kier molecular flexibility index (Phi) is 5.60. The largest absolute Gasteiger partial charge is 0.495 e. The van der Waals surface area contributed by atoms with Crippen LogP contribution in [0.5, 0.6) is 5.75 Å². The summed E-state index contributed by atoms with van der Waals surface area (Å²) in [5, 5.41) is 2.89. The SMILES string of the molecule is COc1ccc(Cl)cc1NC(=O)CN1C(=O)C(=O)N(Cc2ccccc2)C1=O. The van der Waals surface area contributed by atoms with Crippen molar-refractivity contribution in [3.05, 3.63) is 59.1 Å². The first-order chi connectivity index (χ1) is 13.4. The van der Waals surface area contributed by atoms with E-state index >= 15 is 0 Å². The van der Waals surface area contributed by atoms with Crippen LogP contribution in [-0.2, 0) is 20.9 Å². The van der Waals surface area contributed by atoms with Gasteiger partial charge in [-0.1, -0.05) is 41.9 Å². The number of anilines is 1. The zero-order valence-corrected chi connectivity index (χ0v) is 15.6. The highest BCUT2D eigenvalue weighted by Gasteiger charge is 2.45. The number of halogens is 1. The second-order valence-corrected chi connectivity index (χ2v) is 6.38. The summed E-state index contributed by atoms with van der Waals surface area (Å²) in [6, 6.07) is 12.5. The van der Waals surface area contributed by atoms with Crippen molar-refractivity contribution < 1.29 is 23.9 Å². The number of amides is 5. The number of imide groups is 2. The van der Waals surface area contributed by atoms with E-state index in [2.05, 4.69) is 5.32 Å². The fourth-order valence-corrected chi connectivity index (χ4v) is 2.88. The molecule has 5 amide bonds. The van der Waals surface area contributed by atoms with E-state index in [1.165, 1.54) is 13.2 Å². The molecule has 8 nitrogen and oxygen atoms in total. The molecule has 0 bridgehead atoms. The Balaban J connectivity index is 1.71. The molecule has 0 saturated carbocycles. The molecule has 1 heterocycles. The van der Waals surface area contributed by atoms with Gasteiger partial charge in [-0.25, -0.2) is 9.69 Å². The molecule has 1 aliphatic rings.